The van der Waals surface area contributed by atoms with Crippen molar-refractivity contribution in [1.29, 1.82) is 0 Å². The molecule has 4 aromatic rings. The summed E-state index contributed by atoms with van der Waals surface area (Å²) >= 11 is 0. The van der Waals surface area contributed by atoms with Crippen molar-refractivity contribution in [2.75, 3.05) is 13.1 Å². The van der Waals surface area contributed by atoms with Gasteiger partial charge in [-0.3, -0.25) is 4.79 Å². The van der Waals surface area contributed by atoms with Crippen LogP contribution < -0.4 is 0 Å². The van der Waals surface area contributed by atoms with Gasteiger partial charge in [0.25, 0.3) is 5.91 Å². The van der Waals surface area contributed by atoms with Crippen molar-refractivity contribution in [1.82, 2.24) is 29.2 Å². The Labute approximate surface area is 194 Å². The Morgan fingerprint density at radius 1 is 1.15 bits per heavy atom. The van der Waals surface area contributed by atoms with Gasteiger partial charge < -0.3 is 9.47 Å². The predicted molar refractivity (Wildman–Crippen MR) is 131 cm³/mol. The summed E-state index contributed by atoms with van der Waals surface area (Å²) in [4.78, 5) is 25.5. The first-order valence-corrected chi connectivity index (χ1v) is 12.1. The van der Waals surface area contributed by atoms with Crippen LogP contribution >= 0.6 is 0 Å². The third-order valence-electron chi connectivity index (χ3n) is 6.74. The van der Waals surface area contributed by atoms with Crippen molar-refractivity contribution >= 4 is 28.0 Å². The average Bonchev–Trinajstić information content (AvgIpc) is 3.36. The highest BCUT2D eigenvalue weighted by molar-refractivity contribution is 6.06. The molecule has 0 radical (unpaired) electrons. The highest BCUT2D eigenvalue weighted by atomic mass is 16.2. The van der Waals surface area contributed by atoms with Crippen molar-refractivity contribution in [2.45, 2.75) is 66.0 Å². The monoisotopic (exact) mass is 444 g/mol. The number of carbonyl (C=O) groups excluding carboxylic acids is 1. The van der Waals surface area contributed by atoms with Crippen LogP contribution in [0.15, 0.2) is 30.3 Å². The minimum Gasteiger partial charge on any atom is -0.338 e. The third-order valence-corrected chi connectivity index (χ3v) is 6.74. The Kier molecular flexibility index (Phi) is 5.64. The SMILES string of the molecule is CCCn1c(C2CCCN(C(=O)c3cc(C)nc4c3c(C)nn4CC)C2)nc2ccccc21. The number of fused-ring (bicyclic) bond motifs is 2. The smallest absolute Gasteiger partial charge is 0.254 e. The fraction of sp³-hybridized carbons (Fsp3) is 0.462. The van der Waals surface area contributed by atoms with Crippen LogP contribution in [0.3, 0.4) is 0 Å². The summed E-state index contributed by atoms with van der Waals surface area (Å²) in [6.45, 7) is 11.3. The number of para-hydroxylation sites is 2. The van der Waals surface area contributed by atoms with Crippen LogP contribution in [-0.4, -0.2) is 48.2 Å². The molecule has 172 valence electrons. The first-order valence-electron chi connectivity index (χ1n) is 12.1. The number of hydrogen-bond acceptors (Lipinski definition) is 4. The molecule has 7 nitrogen and oxygen atoms in total. The van der Waals surface area contributed by atoms with E-state index in [4.69, 9.17) is 9.97 Å². The molecule has 1 fully saturated rings. The van der Waals surface area contributed by atoms with E-state index in [1.54, 1.807) is 0 Å². The number of pyridine rings is 1. The standard InChI is InChI=1S/C26H32N6O/c1-5-13-31-22-12-8-7-11-21(22)28-24(31)19-10-9-14-30(16-19)26(33)20-15-17(3)27-25-23(20)18(4)29-32(25)6-2/h7-8,11-12,15,19H,5-6,9-10,13-14,16H2,1-4H3. The lowest BCUT2D eigenvalue weighted by Crippen LogP contribution is -2.40. The lowest BCUT2D eigenvalue weighted by molar-refractivity contribution is 0.0705. The van der Waals surface area contributed by atoms with Crippen LogP contribution in [0.4, 0.5) is 0 Å². The van der Waals surface area contributed by atoms with Gasteiger partial charge in [0.15, 0.2) is 5.65 Å². The molecule has 3 aromatic heterocycles. The van der Waals surface area contributed by atoms with Crippen molar-refractivity contribution in [3.63, 3.8) is 0 Å². The second kappa shape index (κ2) is 8.61. The predicted octanol–water partition coefficient (Wildman–Crippen LogP) is 4.85. The summed E-state index contributed by atoms with van der Waals surface area (Å²) in [6, 6.07) is 10.3. The maximum Gasteiger partial charge on any atom is 0.254 e. The van der Waals surface area contributed by atoms with E-state index < -0.39 is 0 Å². The third kappa shape index (κ3) is 3.69. The Balaban J connectivity index is 1.51. The molecule has 0 aliphatic carbocycles. The van der Waals surface area contributed by atoms with E-state index in [1.165, 1.54) is 5.52 Å². The van der Waals surface area contributed by atoms with E-state index >= 15 is 0 Å². The molecule has 0 bridgehead atoms. The largest absolute Gasteiger partial charge is 0.338 e. The van der Waals surface area contributed by atoms with Crippen molar-refractivity contribution < 1.29 is 4.79 Å². The Hall–Kier alpha value is -3.22. The number of amides is 1. The minimum absolute atomic E-state index is 0.0760. The number of benzene rings is 1. The van der Waals surface area contributed by atoms with E-state index in [9.17, 15) is 4.79 Å². The summed E-state index contributed by atoms with van der Waals surface area (Å²) in [5.41, 5.74) is 5.46. The van der Waals surface area contributed by atoms with Gasteiger partial charge in [-0.25, -0.2) is 14.6 Å². The molecule has 0 saturated carbocycles. The van der Waals surface area contributed by atoms with Crippen LogP contribution in [0.25, 0.3) is 22.1 Å². The number of carbonyl (C=O) groups is 1. The maximum absolute atomic E-state index is 13.8. The number of likely N-dealkylation sites (tertiary alicyclic amines) is 1. The molecular weight excluding hydrogens is 412 g/mol. The summed E-state index contributed by atoms with van der Waals surface area (Å²) in [7, 11) is 0. The molecule has 33 heavy (non-hydrogen) atoms. The van der Waals surface area contributed by atoms with Crippen LogP contribution in [0, 0.1) is 13.8 Å². The Morgan fingerprint density at radius 2 is 1.97 bits per heavy atom. The van der Waals surface area contributed by atoms with Gasteiger partial charge in [0.2, 0.25) is 0 Å². The van der Waals surface area contributed by atoms with E-state index in [0.717, 1.165) is 78.2 Å². The fourth-order valence-electron chi connectivity index (χ4n) is 5.27. The van der Waals surface area contributed by atoms with E-state index in [-0.39, 0.29) is 11.8 Å². The van der Waals surface area contributed by atoms with Gasteiger partial charge in [-0.2, -0.15) is 5.10 Å². The van der Waals surface area contributed by atoms with Gasteiger partial charge in [0.1, 0.15) is 5.82 Å². The Bertz CT molecular complexity index is 1330. The van der Waals surface area contributed by atoms with Crippen LogP contribution in [0.1, 0.15) is 66.6 Å². The van der Waals surface area contributed by atoms with Crippen LogP contribution in [-0.2, 0) is 13.1 Å². The number of nitrogens with zero attached hydrogens (tertiary/aromatic N) is 6. The molecule has 1 saturated heterocycles. The summed E-state index contributed by atoms with van der Waals surface area (Å²) in [5.74, 6) is 1.42. The van der Waals surface area contributed by atoms with Gasteiger partial charge in [0, 0.05) is 37.8 Å². The second-order valence-electron chi connectivity index (χ2n) is 9.11. The van der Waals surface area contributed by atoms with Gasteiger partial charge in [0.05, 0.1) is 27.7 Å². The van der Waals surface area contributed by atoms with Crippen LogP contribution in [0.5, 0.6) is 0 Å². The highest BCUT2D eigenvalue weighted by Crippen LogP contribution is 2.31. The molecule has 1 atom stereocenters. The van der Waals surface area contributed by atoms with E-state index in [2.05, 4.69) is 41.7 Å². The lowest BCUT2D eigenvalue weighted by atomic mass is 9.96. The number of hydrogen-bond donors (Lipinski definition) is 0. The quantitative estimate of drug-likeness (QED) is 0.441. The average molecular weight is 445 g/mol. The van der Waals surface area contributed by atoms with E-state index in [0.29, 0.717) is 6.54 Å². The normalized spacial score (nSPS) is 16.7. The number of aromatic nitrogens is 5. The van der Waals surface area contributed by atoms with Crippen LogP contribution in [0.2, 0.25) is 0 Å². The molecule has 1 amide bonds. The number of rotatable bonds is 5. The van der Waals surface area contributed by atoms with Crippen molar-refractivity contribution in [3.05, 3.63) is 53.1 Å². The molecule has 1 aliphatic heterocycles. The van der Waals surface area contributed by atoms with E-state index in [1.807, 2.05) is 35.6 Å². The molecule has 1 aromatic carbocycles. The van der Waals surface area contributed by atoms with Gasteiger partial charge in [-0.15, -0.1) is 0 Å². The molecule has 4 heterocycles. The first-order chi connectivity index (χ1) is 16.0. The Morgan fingerprint density at radius 3 is 2.76 bits per heavy atom. The van der Waals surface area contributed by atoms with Crippen molar-refractivity contribution in [3.8, 4) is 0 Å². The number of aryl methyl sites for hydroxylation is 4. The van der Waals surface area contributed by atoms with Gasteiger partial charge >= 0.3 is 0 Å². The van der Waals surface area contributed by atoms with Gasteiger partial charge in [-0.05, 0) is 58.2 Å². The lowest BCUT2D eigenvalue weighted by Gasteiger charge is -2.33. The zero-order chi connectivity index (χ0) is 23.1. The molecule has 1 unspecified atom stereocenters. The fourth-order valence-corrected chi connectivity index (χ4v) is 5.27. The minimum atomic E-state index is 0.0760. The zero-order valence-corrected chi connectivity index (χ0v) is 20.0. The molecule has 5 rings (SSSR count). The number of imidazole rings is 1. The number of piperidine rings is 1. The van der Waals surface area contributed by atoms with Gasteiger partial charge in [-0.1, -0.05) is 19.1 Å². The summed E-state index contributed by atoms with van der Waals surface area (Å²) < 4.78 is 4.25. The molecular formula is C26H32N6O. The second-order valence-corrected chi connectivity index (χ2v) is 9.11. The summed E-state index contributed by atoms with van der Waals surface area (Å²) in [5, 5.41) is 5.51. The molecule has 1 aliphatic rings. The maximum atomic E-state index is 13.8. The molecule has 0 spiro atoms. The highest BCUT2D eigenvalue weighted by Gasteiger charge is 2.30. The summed E-state index contributed by atoms with van der Waals surface area (Å²) in [6.07, 6.45) is 3.08. The van der Waals surface area contributed by atoms with Crippen molar-refractivity contribution in [2.24, 2.45) is 0 Å². The topological polar surface area (TPSA) is 68.8 Å². The molecule has 0 N–H and O–H groups in total. The first kappa shape index (κ1) is 21.6. The molecule has 7 heteroatoms. The zero-order valence-electron chi connectivity index (χ0n) is 20.0.